The van der Waals surface area contributed by atoms with E-state index in [0.29, 0.717) is 38.7 Å². The summed E-state index contributed by atoms with van der Waals surface area (Å²) >= 11 is 0. The van der Waals surface area contributed by atoms with E-state index in [9.17, 15) is 24.6 Å². The highest BCUT2D eigenvalue weighted by atomic mass is 16.5. The van der Waals surface area contributed by atoms with Gasteiger partial charge >= 0.3 is 11.9 Å². The molecule has 0 aromatic carbocycles. The van der Waals surface area contributed by atoms with Crippen molar-refractivity contribution in [3.63, 3.8) is 0 Å². The molecule has 1 heterocycles. The van der Waals surface area contributed by atoms with Crippen LogP contribution in [0.5, 0.6) is 0 Å². The van der Waals surface area contributed by atoms with Crippen LogP contribution in [0, 0.1) is 28.6 Å². The summed E-state index contributed by atoms with van der Waals surface area (Å²) in [5.74, 6) is -0.772. The zero-order chi connectivity index (χ0) is 22.9. The maximum Gasteiger partial charge on any atom is 0.331 e. The van der Waals surface area contributed by atoms with Crippen molar-refractivity contribution in [1.82, 2.24) is 0 Å². The number of hydrogen-bond donors (Lipinski definition) is 2. The zero-order valence-corrected chi connectivity index (χ0v) is 19.0. The highest BCUT2D eigenvalue weighted by Gasteiger charge is 2.71. The summed E-state index contributed by atoms with van der Waals surface area (Å²) in [7, 11) is 0. The minimum atomic E-state index is -1.22. The molecule has 5 rings (SSSR count). The van der Waals surface area contributed by atoms with Crippen LogP contribution in [0.25, 0.3) is 0 Å². The summed E-state index contributed by atoms with van der Waals surface area (Å²) in [6, 6.07) is 0. The molecule has 5 aliphatic rings. The van der Waals surface area contributed by atoms with E-state index in [1.54, 1.807) is 6.08 Å². The van der Waals surface area contributed by atoms with Gasteiger partial charge in [0, 0.05) is 24.8 Å². The van der Waals surface area contributed by atoms with Crippen molar-refractivity contribution in [2.75, 3.05) is 6.61 Å². The van der Waals surface area contributed by atoms with Crippen molar-refractivity contribution in [2.24, 2.45) is 28.6 Å². The van der Waals surface area contributed by atoms with Crippen LogP contribution in [0.4, 0.5) is 0 Å². The maximum atomic E-state index is 12.7. The number of esters is 2. The molecular weight excluding hydrogens is 412 g/mol. The van der Waals surface area contributed by atoms with Gasteiger partial charge in [0.2, 0.25) is 0 Å². The van der Waals surface area contributed by atoms with Gasteiger partial charge < -0.3 is 24.5 Å². The molecule has 1 aliphatic heterocycles. The first-order chi connectivity index (χ1) is 15.1. The van der Waals surface area contributed by atoms with Gasteiger partial charge in [-0.25, -0.2) is 4.79 Å². The van der Waals surface area contributed by atoms with Gasteiger partial charge in [0.1, 0.15) is 19.0 Å². The maximum absolute atomic E-state index is 12.7. The van der Waals surface area contributed by atoms with E-state index >= 15 is 0 Å². The van der Waals surface area contributed by atoms with Gasteiger partial charge in [-0.15, -0.1) is 0 Å². The molecule has 32 heavy (non-hydrogen) atoms. The summed E-state index contributed by atoms with van der Waals surface area (Å²) in [4.78, 5) is 35.8. The Morgan fingerprint density at radius 1 is 1.12 bits per heavy atom. The molecule has 2 N–H and O–H groups in total. The number of aliphatic hydroxyl groups is 2. The highest BCUT2D eigenvalue weighted by molar-refractivity contribution is 5.85. The lowest BCUT2D eigenvalue weighted by Crippen LogP contribution is -2.69. The van der Waals surface area contributed by atoms with Crippen molar-refractivity contribution in [2.45, 2.75) is 88.9 Å². The van der Waals surface area contributed by atoms with Crippen LogP contribution in [-0.2, 0) is 23.9 Å². The normalized spacial score (nSPS) is 49.9. The Kier molecular flexibility index (Phi) is 4.92. The largest absolute Gasteiger partial charge is 0.462 e. The molecule has 7 nitrogen and oxygen atoms in total. The Labute approximate surface area is 188 Å². The molecule has 0 radical (unpaired) electrons. The molecule has 4 saturated carbocycles. The predicted molar refractivity (Wildman–Crippen MR) is 113 cm³/mol. The van der Waals surface area contributed by atoms with Crippen molar-refractivity contribution in [3.8, 4) is 0 Å². The first-order valence-electron chi connectivity index (χ1n) is 12.0. The van der Waals surface area contributed by atoms with E-state index in [1.165, 1.54) is 6.92 Å². The van der Waals surface area contributed by atoms with E-state index in [0.717, 1.165) is 31.1 Å². The van der Waals surface area contributed by atoms with Crippen LogP contribution in [0.2, 0.25) is 0 Å². The van der Waals surface area contributed by atoms with Crippen molar-refractivity contribution in [3.05, 3.63) is 11.6 Å². The van der Waals surface area contributed by atoms with Gasteiger partial charge in [0.25, 0.3) is 0 Å². The molecule has 0 spiro atoms. The molecule has 4 fully saturated rings. The summed E-state index contributed by atoms with van der Waals surface area (Å²) < 4.78 is 10.6. The molecule has 0 saturated heterocycles. The minimum Gasteiger partial charge on any atom is -0.462 e. The fourth-order valence-electron chi connectivity index (χ4n) is 8.65. The standard InChI is InChI=1S/C25H34O7/c1-15(27)32-17-3-8-23(14-26)19-4-7-22(2)18(16-11-21(28)31-13-16)6-10-25(22,30)20(19)5-9-24(23,29)12-17/h11,14,17-20,29-30H,3-10,12-13H2,1-2H3/t17-,18+,19-,20+,22+,23-,24-,25+/m0/s1. The lowest BCUT2D eigenvalue weighted by Gasteiger charge is -2.65. The summed E-state index contributed by atoms with van der Waals surface area (Å²) in [5.41, 5.74) is -2.50. The highest BCUT2D eigenvalue weighted by Crippen LogP contribution is 2.70. The lowest BCUT2D eigenvalue weighted by atomic mass is 9.41. The fraction of sp³-hybridized carbons (Fsp3) is 0.800. The van der Waals surface area contributed by atoms with Crippen molar-refractivity contribution < 1.29 is 34.1 Å². The van der Waals surface area contributed by atoms with Crippen LogP contribution in [-0.4, -0.2) is 52.4 Å². The fourth-order valence-corrected chi connectivity index (χ4v) is 8.65. The Hall–Kier alpha value is -1.73. The van der Waals surface area contributed by atoms with Crippen LogP contribution >= 0.6 is 0 Å². The molecule has 4 aliphatic carbocycles. The first-order valence-corrected chi connectivity index (χ1v) is 12.0. The molecule has 7 heteroatoms. The Morgan fingerprint density at radius 3 is 2.53 bits per heavy atom. The SMILES string of the molecule is CC(=O)O[C@H]1CC[C@]2(C=O)[C@H]3CC[C@]4(C)[C@@H](C5=CC(=O)OC5)CC[C@@]4(O)[C@@H]3CC[C@]2(O)C1. The second-order valence-corrected chi connectivity index (χ2v) is 11.2. The van der Waals surface area contributed by atoms with Gasteiger partial charge in [-0.1, -0.05) is 6.92 Å². The average molecular weight is 447 g/mol. The van der Waals surface area contributed by atoms with Gasteiger partial charge in [0.15, 0.2) is 0 Å². The molecule has 0 unspecified atom stereocenters. The minimum absolute atomic E-state index is 0.0828. The average Bonchev–Trinajstić information content (AvgIpc) is 3.27. The lowest BCUT2D eigenvalue weighted by molar-refractivity contribution is -0.249. The van der Waals surface area contributed by atoms with Crippen molar-refractivity contribution in [1.29, 1.82) is 0 Å². The summed E-state index contributed by atoms with van der Waals surface area (Å²) in [6.45, 7) is 3.81. The molecule has 0 bridgehead atoms. The van der Waals surface area contributed by atoms with E-state index in [-0.39, 0.29) is 47.6 Å². The van der Waals surface area contributed by atoms with Gasteiger partial charge in [-0.3, -0.25) is 4.79 Å². The Morgan fingerprint density at radius 2 is 1.88 bits per heavy atom. The number of fused-ring (bicyclic) bond motifs is 5. The third-order valence-electron chi connectivity index (χ3n) is 10.2. The topological polar surface area (TPSA) is 110 Å². The molecule has 176 valence electrons. The van der Waals surface area contributed by atoms with Crippen LogP contribution in [0.3, 0.4) is 0 Å². The number of rotatable bonds is 3. The monoisotopic (exact) mass is 446 g/mol. The number of ether oxygens (including phenoxy) is 2. The molecule has 0 aromatic rings. The second-order valence-electron chi connectivity index (χ2n) is 11.2. The predicted octanol–water partition coefficient (Wildman–Crippen LogP) is 2.47. The molecule has 0 aromatic heterocycles. The van der Waals surface area contributed by atoms with Crippen LogP contribution < -0.4 is 0 Å². The summed E-state index contributed by atoms with van der Waals surface area (Å²) in [6.07, 6.45) is 7.44. The first kappa shape index (κ1) is 22.1. The van der Waals surface area contributed by atoms with Gasteiger partial charge in [0.05, 0.1) is 16.6 Å². The van der Waals surface area contributed by atoms with E-state index in [1.807, 2.05) is 0 Å². The second kappa shape index (κ2) is 7.13. The molecule has 0 amide bonds. The van der Waals surface area contributed by atoms with Crippen LogP contribution in [0.15, 0.2) is 11.6 Å². The number of carbonyl (C=O) groups excluding carboxylic acids is 3. The van der Waals surface area contributed by atoms with Crippen LogP contribution in [0.1, 0.15) is 71.6 Å². The zero-order valence-electron chi connectivity index (χ0n) is 19.0. The van der Waals surface area contributed by atoms with E-state index < -0.39 is 16.6 Å². The van der Waals surface area contributed by atoms with Gasteiger partial charge in [-0.2, -0.15) is 0 Å². The smallest absolute Gasteiger partial charge is 0.331 e. The quantitative estimate of drug-likeness (QED) is 0.506. The Balaban J connectivity index is 1.46. The van der Waals surface area contributed by atoms with Crippen molar-refractivity contribution >= 4 is 18.2 Å². The summed E-state index contributed by atoms with van der Waals surface area (Å²) in [5, 5.41) is 23.9. The number of hydrogen-bond acceptors (Lipinski definition) is 7. The van der Waals surface area contributed by atoms with E-state index in [2.05, 4.69) is 6.92 Å². The van der Waals surface area contributed by atoms with E-state index in [4.69, 9.17) is 9.47 Å². The number of aldehydes is 1. The number of cyclic esters (lactones) is 1. The molecule has 8 atom stereocenters. The third kappa shape index (κ3) is 2.76. The Bertz CT molecular complexity index is 882. The van der Waals surface area contributed by atoms with Gasteiger partial charge in [-0.05, 0) is 74.7 Å². The number of carbonyl (C=O) groups is 3. The molecular formula is C25H34O7. The third-order valence-corrected chi connectivity index (χ3v) is 10.2.